The number of Topliss-reactive ketones (excluding diaryl/α,β-unsaturated/α-hetero) is 1. The normalized spacial score (nSPS) is 12.7. The van der Waals surface area contributed by atoms with Gasteiger partial charge in [-0.3, -0.25) is 4.79 Å². The highest BCUT2D eigenvalue weighted by molar-refractivity contribution is 6.03. The minimum atomic E-state index is -0.643. The van der Waals surface area contributed by atoms with E-state index in [1.54, 1.807) is 33.8 Å². The molecule has 0 saturated carbocycles. The summed E-state index contributed by atoms with van der Waals surface area (Å²) in [5, 5.41) is 4.65. The standard InChI is InChI=1S/C18H21NO3/c1-12(19-17(21)22-18(2,3)4)16(20)15-10-9-13-7-5-6-8-14(13)11-15/h5-12H,1-4H3,(H,19,21). The van der Waals surface area contributed by atoms with Gasteiger partial charge >= 0.3 is 6.09 Å². The highest BCUT2D eigenvalue weighted by Gasteiger charge is 2.21. The van der Waals surface area contributed by atoms with Gasteiger partial charge in [0.2, 0.25) is 0 Å². The Kier molecular flexibility index (Phi) is 4.50. The van der Waals surface area contributed by atoms with Gasteiger partial charge in [0.1, 0.15) is 5.60 Å². The molecule has 4 heteroatoms. The summed E-state index contributed by atoms with van der Waals surface area (Å²) >= 11 is 0. The number of nitrogens with one attached hydrogen (secondary N) is 1. The van der Waals surface area contributed by atoms with E-state index in [2.05, 4.69) is 5.32 Å². The predicted octanol–water partition coefficient (Wildman–Crippen LogP) is 3.94. The quantitative estimate of drug-likeness (QED) is 0.873. The second-order valence-corrected chi connectivity index (χ2v) is 6.29. The molecule has 22 heavy (non-hydrogen) atoms. The molecule has 2 aromatic carbocycles. The van der Waals surface area contributed by atoms with Gasteiger partial charge in [0.15, 0.2) is 5.78 Å². The number of carbonyl (C=O) groups is 2. The Hall–Kier alpha value is -2.36. The number of ether oxygens (including phenoxy) is 1. The van der Waals surface area contributed by atoms with E-state index in [9.17, 15) is 9.59 Å². The number of rotatable bonds is 3. The molecule has 0 aromatic heterocycles. The fourth-order valence-corrected chi connectivity index (χ4v) is 2.14. The summed E-state index contributed by atoms with van der Waals surface area (Å²) in [5.41, 5.74) is -0.0160. The lowest BCUT2D eigenvalue weighted by Gasteiger charge is -2.21. The first-order chi connectivity index (χ1) is 10.3. The van der Waals surface area contributed by atoms with Gasteiger partial charge in [-0.15, -0.1) is 0 Å². The second-order valence-electron chi connectivity index (χ2n) is 6.29. The average Bonchev–Trinajstić information content (AvgIpc) is 2.43. The van der Waals surface area contributed by atoms with Gasteiger partial charge < -0.3 is 10.1 Å². The van der Waals surface area contributed by atoms with Crippen LogP contribution >= 0.6 is 0 Å². The van der Waals surface area contributed by atoms with Crippen LogP contribution in [0.4, 0.5) is 4.79 Å². The monoisotopic (exact) mass is 299 g/mol. The molecule has 0 radical (unpaired) electrons. The van der Waals surface area contributed by atoms with Crippen LogP contribution in [0.25, 0.3) is 10.8 Å². The van der Waals surface area contributed by atoms with E-state index in [0.717, 1.165) is 10.8 Å². The average molecular weight is 299 g/mol. The third kappa shape index (κ3) is 4.07. The summed E-state index contributed by atoms with van der Waals surface area (Å²) in [7, 11) is 0. The summed E-state index contributed by atoms with van der Waals surface area (Å²) in [4.78, 5) is 24.2. The number of ketones is 1. The molecule has 0 heterocycles. The molecule has 4 nitrogen and oxygen atoms in total. The van der Waals surface area contributed by atoms with Gasteiger partial charge in [-0.25, -0.2) is 4.79 Å². The van der Waals surface area contributed by atoms with Gasteiger partial charge in [0.05, 0.1) is 6.04 Å². The number of benzene rings is 2. The van der Waals surface area contributed by atoms with E-state index in [0.29, 0.717) is 5.56 Å². The van der Waals surface area contributed by atoms with Gasteiger partial charge in [-0.2, -0.15) is 0 Å². The first-order valence-electron chi connectivity index (χ1n) is 7.29. The van der Waals surface area contributed by atoms with Crippen LogP contribution in [-0.4, -0.2) is 23.5 Å². The van der Waals surface area contributed by atoms with E-state index in [-0.39, 0.29) is 5.78 Å². The van der Waals surface area contributed by atoms with Crippen LogP contribution in [0, 0.1) is 0 Å². The molecule has 0 fully saturated rings. The lowest BCUT2D eigenvalue weighted by Crippen LogP contribution is -2.41. The first-order valence-corrected chi connectivity index (χ1v) is 7.29. The molecule has 0 spiro atoms. The Morgan fingerprint density at radius 3 is 2.32 bits per heavy atom. The predicted molar refractivity (Wildman–Crippen MR) is 87.1 cm³/mol. The van der Waals surface area contributed by atoms with E-state index >= 15 is 0 Å². The van der Waals surface area contributed by atoms with Gasteiger partial charge in [0, 0.05) is 5.56 Å². The number of hydrogen-bond acceptors (Lipinski definition) is 3. The number of hydrogen-bond donors (Lipinski definition) is 1. The van der Waals surface area contributed by atoms with Crippen molar-refractivity contribution >= 4 is 22.6 Å². The molecule has 2 aromatic rings. The third-order valence-electron chi connectivity index (χ3n) is 3.16. The Morgan fingerprint density at radius 2 is 1.68 bits per heavy atom. The summed E-state index contributed by atoms with van der Waals surface area (Å²) in [6.07, 6.45) is -0.589. The van der Waals surface area contributed by atoms with E-state index in [1.165, 1.54) is 0 Å². The highest BCUT2D eigenvalue weighted by atomic mass is 16.6. The van der Waals surface area contributed by atoms with Crippen molar-refractivity contribution in [2.24, 2.45) is 0 Å². The molecule has 0 aliphatic rings. The van der Waals surface area contributed by atoms with Crippen molar-refractivity contribution in [1.29, 1.82) is 0 Å². The molecule has 0 aliphatic heterocycles. The SMILES string of the molecule is CC(NC(=O)OC(C)(C)C)C(=O)c1ccc2ccccc2c1. The number of carbonyl (C=O) groups excluding carboxylic acids is 2. The maximum absolute atomic E-state index is 12.4. The van der Waals surface area contributed by atoms with Crippen molar-refractivity contribution in [1.82, 2.24) is 5.32 Å². The van der Waals surface area contributed by atoms with Crippen molar-refractivity contribution < 1.29 is 14.3 Å². The zero-order chi connectivity index (χ0) is 16.3. The number of fused-ring (bicyclic) bond motifs is 1. The maximum atomic E-state index is 12.4. The van der Waals surface area contributed by atoms with Crippen LogP contribution in [0.3, 0.4) is 0 Å². The fraction of sp³-hybridized carbons (Fsp3) is 0.333. The molecule has 1 N–H and O–H groups in total. The van der Waals surface area contributed by atoms with Gasteiger partial charge in [0.25, 0.3) is 0 Å². The van der Waals surface area contributed by atoms with Crippen molar-refractivity contribution in [2.75, 3.05) is 0 Å². The Bertz CT molecular complexity index is 701. The van der Waals surface area contributed by atoms with E-state index < -0.39 is 17.7 Å². The lowest BCUT2D eigenvalue weighted by atomic mass is 10.0. The van der Waals surface area contributed by atoms with Gasteiger partial charge in [-0.05, 0) is 44.5 Å². The minimum Gasteiger partial charge on any atom is -0.444 e. The summed E-state index contributed by atoms with van der Waals surface area (Å²) in [6, 6.07) is 12.7. The Morgan fingerprint density at radius 1 is 1.05 bits per heavy atom. The highest BCUT2D eigenvalue weighted by Crippen LogP contribution is 2.17. The minimum absolute atomic E-state index is 0.142. The van der Waals surface area contributed by atoms with Crippen molar-refractivity contribution in [3.05, 3.63) is 48.0 Å². The second kappa shape index (κ2) is 6.18. The van der Waals surface area contributed by atoms with Crippen molar-refractivity contribution in [2.45, 2.75) is 39.3 Å². The third-order valence-corrected chi connectivity index (χ3v) is 3.16. The largest absolute Gasteiger partial charge is 0.444 e. The van der Waals surface area contributed by atoms with Crippen LogP contribution < -0.4 is 5.32 Å². The maximum Gasteiger partial charge on any atom is 0.408 e. The molecule has 2 rings (SSSR count). The zero-order valence-corrected chi connectivity index (χ0v) is 13.3. The van der Waals surface area contributed by atoms with E-state index in [1.807, 2.05) is 36.4 Å². The van der Waals surface area contributed by atoms with Crippen LogP contribution in [-0.2, 0) is 4.74 Å². The molecule has 0 aliphatic carbocycles. The fourth-order valence-electron chi connectivity index (χ4n) is 2.14. The van der Waals surface area contributed by atoms with Crippen LogP contribution in [0.15, 0.2) is 42.5 Å². The molecule has 0 bridgehead atoms. The van der Waals surface area contributed by atoms with E-state index in [4.69, 9.17) is 4.74 Å². The topological polar surface area (TPSA) is 55.4 Å². The molecule has 116 valence electrons. The van der Waals surface area contributed by atoms with Crippen molar-refractivity contribution in [3.8, 4) is 0 Å². The number of amides is 1. The smallest absolute Gasteiger partial charge is 0.408 e. The molecular weight excluding hydrogens is 278 g/mol. The zero-order valence-electron chi connectivity index (χ0n) is 13.3. The Labute approximate surface area is 130 Å². The van der Waals surface area contributed by atoms with Crippen molar-refractivity contribution in [3.63, 3.8) is 0 Å². The molecular formula is C18H21NO3. The summed E-state index contributed by atoms with van der Waals surface area (Å²) in [6.45, 7) is 6.99. The number of alkyl carbamates (subject to hydrolysis) is 1. The van der Waals surface area contributed by atoms with Crippen LogP contribution in [0.2, 0.25) is 0 Å². The first kappa shape index (κ1) is 16.0. The lowest BCUT2D eigenvalue weighted by molar-refractivity contribution is 0.0497. The summed E-state index contributed by atoms with van der Waals surface area (Å²) < 4.78 is 5.16. The summed E-state index contributed by atoms with van der Waals surface area (Å²) in [5.74, 6) is -0.142. The van der Waals surface area contributed by atoms with Gasteiger partial charge in [-0.1, -0.05) is 36.4 Å². The molecule has 0 saturated heterocycles. The molecule has 1 atom stereocenters. The van der Waals surface area contributed by atoms with Crippen LogP contribution in [0.1, 0.15) is 38.1 Å². The molecule has 1 amide bonds. The van der Waals surface area contributed by atoms with Crippen LogP contribution in [0.5, 0.6) is 0 Å². The Balaban J connectivity index is 2.10. The molecule has 1 unspecified atom stereocenters.